The standard InChI is InChI=1S/C11H11ClN2O/c1-9(15)13-6-3-2-4-10-5-7-14-11(12)8-10/h5,7-8H,3,6H2,1H3,(H,13,15). The second-order valence-electron chi connectivity index (χ2n) is 2.90. The van der Waals surface area contributed by atoms with Gasteiger partial charge < -0.3 is 5.32 Å². The Bertz CT molecular complexity index is 407. The van der Waals surface area contributed by atoms with Gasteiger partial charge in [-0.1, -0.05) is 23.4 Å². The van der Waals surface area contributed by atoms with Crippen LogP contribution in [0.2, 0.25) is 5.15 Å². The van der Waals surface area contributed by atoms with Crippen molar-refractivity contribution in [1.29, 1.82) is 0 Å². The Balaban J connectivity index is 2.41. The summed E-state index contributed by atoms with van der Waals surface area (Å²) in [6, 6.07) is 3.49. The van der Waals surface area contributed by atoms with Gasteiger partial charge in [0, 0.05) is 31.6 Å². The van der Waals surface area contributed by atoms with Gasteiger partial charge >= 0.3 is 0 Å². The van der Waals surface area contributed by atoms with Crippen LogP contribution in [0.4, 0.5) is 0 Å². The molecular weight excluding hydrogens is 212 g/mol. The Morgan fingerprint density at radius 2 is 2.47 bits per heavy atom. The second-order valence-corrected chi connectivity index (χ2v) is 3.29. The minimum absolute atomic E-state index is 0.0382. The van der Waals surface area contributed by atoms with E-state index < -0.39 is 0 Å². The van der Waals surface area contributed by atoms with Gasteiger partial charge in [-0.25, -0.2) is 4.98 Å². The van der Waals surface area contributed by atoms with Crippen LogP contribution < -0.4 is 5.32 Å². The molecule has 1 amide bonds. The molecule has 1 aromatic heterocycles. The van der Waals surface area contributed by atoms with Crippen molar-refractivity contribution in [3.05, 3.63) is 29.0 Å². The highest BCUT2D eigenvalue weighted by molar-refractivity contribution is 6.29. The van der Waals surface area contributed by atoms with E-state index in [-0.39, 0.29) is 5.91 Å². The molecule has 0 fully saturated rings. The van der Waals surface area contributed by atoms with Gasteiger partial charge in [0.1, 0.15) is 5.15 Å². The van der Waals surface area contributed by atoms with Gasteiger partial charge in [-0.15, -0.1) is 0 Å². The van der Waals surface area contributed by atoms with Gasteiger partial charge in [0.15, 0.2) is 0 Å². The number of hydrogen-bond donors (Lipinski definition) is 1. The smallest absolute Gasteiger partial charge is 0.216 e. The first kappa shape index (κ1) is 11.5. The van der Waals surface area contributed by atoms with Crippen LogP contribution in [0.3, 0.4) is 0 Å². The molecule has 3 nitrogen and oxygen atoms in total. The quantitative estimate of drug-likeness (QED) is 0.469. The first-order valence-electron chi connectivity index (χ1n) is 4.53. The van der Waals surface area contributed by atoms with Crippen molar-refractivity contribution in [2.24, 2.45) is 0 Å². The molecule has 1 heterocycles. The molecule has 0 bridgehead atoms. The molecule has 0 saturated heterocycles. The summed E-state index contributed by atoms with van der Waals surface area (Å²) in [7, 11) is 0. The van der Waals surface area contributed by atoms with Crippen LogP contribution in [0, 0.1) is 11.8 Å². The zero-order valence-corrected chi connectivity index (χ0v) is 9.14. The summed E-state index contributed by atoms with van der Waals surface area (Å²) in [6.45, 7) is 2.05. The summed E-state index contributed by atoms with van der Waals surface area (Å²) in [5.41, 5.74) is 0.831. The monoisotopic (exact) mass is 222 g/mol. The van der Waals surface area contributed by atoms with Crippen molar-refractivity contribution < 1.29 is 4.79 Å². The van der Waals surface area contributed by atoms with E-state index in [9.17, 15) is 4.79 Å². The molecule has 15 heavy (non-hydrogen) atoms. The summed E-state index contributed by atoms with van der Waals surface area (Å²) >= 11 is 5.69. The number of halogens is 1. The maximum Gasteiger partial charge on any atom is 0.216 e. The van der Waals surface area contributed by atoms with Crippen molar-refractivity contribution in [1.82, 2.24) is 10.3 Å². The molecule has 0 aliphatic rings. The van der Waals surface area contributed by atoms with E-state index in [0.29, 0.717) is 18.1 Å². The number of nitrogens with zero attached hydrogens (tertiary/aromatic N) is 1. The van der Waals surface area contributed by atoms with Gasteiger partial charge in [0.05, 0.1) is 0 Å². The summed E-state index contributed by atoms with van der Waals surface area (Å²) in [5, 5.41) is 3.10. The highest BCUT2D eigenvalue weighted by Gasteiger charge is 1.90. The summed E-state index contributed by atoms with van der Waals surface area (Å²) in [5.74, 6) is 5.83. The SMILES string of the molecule is CC(=O)NCCC#Cc1ccnc(Cl)c1. The molecule has 0 spiro atoms. The van der Waals surface area contributed by atoms with Gasteiger partial charge in [0.2, 0.25) is 5.91 Å². The minimum atomic E-state index is -0.0382. The fourth-order valence-electron chi connectivity index (χ4n) is 0.946. The Morgan fingerprint density at radius 1 is 1.67 bits per heavy atom. The summed E-state index contributed by atoms with van der Waals surface area (Å²) < 4.78 is 0. The molecule has 0 aromatic carbocycles. The molecule has 0 aliphatic heterocycles. The van der Waals surface area contributed by atoms with Crippen LogP contribution in [0.5, 0.6) is 0 Å². The van der Waals surface area contributed by atoms with Crippen molar-refractivity contribution in [2.45, 2.75) is 13.3 Å². The third kappa shape index (κ3) is 5.04. The fourth-order valence-corrected chi connectivity index (χ4v) is 1.12. The summed E-state index contributed by atoms with van der Waals surface area (Å²) in [6.07, 6.45) is 2.24. The first-order chi connectivity index (χ1) is 7.18. The highest BCUT2D eigenvalue weighted by Crippen LogP contribution is 2.05. The maximum atomic E-state index is 10.5. The topological polar surface area (TPSA) is 42.0 Å². The summed E-state index contributed by atoms with van der Waals surface area (Å²) in [4.78, 5) is 14.4. The van der Waals surface area contributed by atoms with E-state index in [1.807, 2.05) is 0 Å². The van der Waals surface area contributed by atoms with Crippen molar-refractivity contribution in [2.75, 3.05) is 6.54 Å². The van der Waals surface area contributed by atoms with Gasteiger partial charge in [-0.05, 0) is 12.1 Å². The first-order valence-corrected chi connectivity index (χ1v) is 4.91. The second kappa shape index (κ2) is 6.05. The van der Waals surface area contributed by atoms with E-state index in [0.717, 1.165) is 5.56 Å². The van der Waals surface area contributed by atoms with Crippen molar-refractivity contribution >= 4 is 17.5 Å². The van der Waals surface area contributed by atoms with E-state index in [2.05, 4.69) is 22.1 Å². The Labute approximate surface area is 93.9 Å². The van der Waals surface area contributed by atoms with Crippen LogP contribution in [0.25, 0.3) is 0 Å². The molecule has 0 radical (unpaired) electrons. The Kier molecular flexibility index (Phi) is 4.65. The number of pyridine rings is 1. The Hall–Kier alpha value is -1.53. The predicted molar refractivity (Wildman–Crippen MR) is 59.4 cm³/mol. The predicted octanol–water partition coefficient (Wildman–Crippen LogP) is 1.61. The third-order valence-corrected chi connectivity index (χ3v) is 1.79. The van der Waals surface area contributed by atoms with Crippen molar-refractivity contribution in [3.63, 3.8) is 0 Å². The number of rotatable bonds is 2. The molecule has 4 heteroatoms. The lowest BCUT2D eigenvalue weighted by Gasteiger charge is -1.94. The van der Waals surface area contributed by atoms with Crippen LogP contribution in [-0.4, -0.2) is 17.4 Å². The third-order valence-electron chi connectivity index (χ3n) is 1.58. The lowest BCUT2D eigenvalue weighted by Crippen LogP contribution is -2.20. The lowest BCUT2D eigenvalue weighted by atomic mass is 10.2. The minimum Gasteiger partial charge on any atom is -0.355 e. The zero-order chi connectivity index (χ0) is 11.1. The number of aromatic nitrogens is 1. The van der Waals surface area contributed by atoms with Gasteiger partial charge in [-0.2, -0.15) is 0 Å². The van der Waals surface area contributed by atoms with Crippen molar-refractivity contribution in [3.8, 4) is 11.8 Å². The average molecular weight is 223 g/mol. The maximum absolute atomic E-state index is 10.5. The highest BCUT2D eigenvalue weighted by atomic mass is 35.5. The zero-order valence-electron chi connectivity index (χ0n) is 8.38. The number of amides is 1. The van der Waals surface area contributed by atoms with E-state index >= 15 is 0 Å². The van der Waals surface area contributed by atoms with Gasteiger partial charge in [0.25, 0.3) is 0 Å². The number of hydrogen-bond acceptors (Lipinski definition) is 2. The van der Waals surface area contributed by atoms with Gasteiger partial charge in [-0.3, -0.25) is 4.79 Å². The molecular formula is C11H11ClN2O. The number of carbonyl (C=O) groups is 1. The lowest BCUT2D eigenvalue weighted by molar-refractivity contribution is -0.118. The normalized spacial score (nSPS) is 8.93. The molecule has 1 N–H and O–H groups in total. The van der Waals surface area contributed by atoms with E-state index in [1.54, 1.807) is 18.3 Å². The molecule has 78 valence electrons. The Morgan fingerprint density at radius 3 is 3.13 bits per heavy atom. The van der Waals surface area contributed by atoms with Crippen LogP contribution in [0.15, 0.2) is 18.3 Å². The van der Waals surface area contributed by atoms with Crippen LogP contribution >= 0.6 is 11.6 Å². The number of nitrogens with one attached hydrogen (secondary N) is 1. The number of carbonyl (C=O) groups excluding carboxylic acids is 1. The average Bonchev–Trinajstić information content (AvgIpc) is 2.17. The molecule has 0 aliphatic carbocycles. The molecule has 0 saturated carbocycles. The molecule has 1 rings (SSSR count). The van der Waals surface area contributed by atoms with Crippen LogP contribution in [0.1, 0.15) is 18.9 Å². The van der Waals surface area contributed by atoms with E-state index in [4.69, 9.17) is 11.6 Å². The molecule has 0 unspecified atom stereocenters. The fraction of sp³-hybridized carbons (Fsp3) is 0.273. The largest absolute Gasteiger partial charge is 0.355 e. The molecule has 0 atom stereocenters. The molecule has 1 aromatic rings. The van der Waals surface area contributed by atoms with Crippen LogP contribution in [-0.2, 0) is 4.79 Å². The van der Waals surface area contributed by atoms with E-state index in [1.165, 1.54) is 6.92 Å².